The number of halogens is 1. The zero-order valence-electron chi connectivity index (χ0n) is 9.42. The Kier molecular flexibility index (Phi) is 4.27. The van der Waals surface area contributed by atoms with E-state index in [9.17, 15) is 9.18 Å². The van der Waals surface area contributed by atoms with Crippen molar-refractivity contribution in [1.82, 2.24) is 10.2 Å². The van der Waals surface area contributed by atoms with Crippen molar-refractivity contribution in [2.45, 2.75) is 4.34 Å². The second kappa shape index (κ2) is 5.92. The molecule has 0 atom stereocenters. The number of benzene rings is 1. The Labute approximate surface area is 111 Å². The highest BCUT2D eigenvalue weighted by Crippen LogP contribution is 2.30. The SMILES string of the molecule is COC(=O)CSc1nnc(-c2ccccc2F)s1. The summed E-state index contributed by atoms with van der Waals surface area (Å²) in [6, 6.07) is 6.37. The van der Waals surface area contributed by atoms with E-state index < -0.39 is 0 Å². The number of carbonyl (C=O) groups excluding carboxylic acids is 1. The molecule has 1 heterocycles. The summed E-state index contributed by atoms with van der Waals surface area (Å²) in [4.78, 5) is 11.0. The zero-order valence-corrected chi connectivity index (χ0v) is 11.1. The van der Waals surface area contributed by atoms with E-state index in [1.807, 2.05) is 0 Å². The average molecular weight is 284 g/mol. The Bertz CT molecular complexity index is 559. The van der Waals surface area contributed by atoms with E-state index in [2.05, 4.69) is 14.9 Å². The molecule has 4 nitrogen and oxygen atoms in total. The van der Waals surface area contributed by atoms with Crippen molar-refractivity contribution >= 4 is 29.1 Å². The van der Waals surface area contributed by atoms with Gasteiger partial charge >= 0.3 is 5.97 Å². The molecular weight excluding hydrogens is 275 g/mol. The van der Waals surface area contributed by atoms with E-state index in [0.717, 1.165) is 0 Å². The minimum atomic E-state index is -0.335. The van der Waals surface area contributed by atoms with Crippen LogP contribution in [-0.2, 0) is 9.53 Å². The third kappa shape index (κ3) is 3.05. The predicted molar refractivity (Wildman–Crippen MR) is 68.0 cm³/mol. The van der Waals surface area contributed by atoms with Crippen LogP contribution in [0.25, 0.3) is 10.6 Å². The maximum Gasteiger partial charge on any atom is 0.316 e. The van der Waals surface area contributed by atoms with Gasteiger partial charge in [0.1, 0.15) is 5.82 Å². The molecule has 0 bridgehead atoms. The number of thioether (sulfide) groups is 1. The number of ether oxygens (including phenoxy) is 1. The minimum Gasteiger partial charge on any atom is -0.468 e. The van der Waals surface area contributed by atoms with Gasteiger partial charge in [0.2, 0.25) is 0 Å². The highest BCUT2D eigenvalue weighted by Gasteiger charge is 2.12. The van der Waals surface area contributed by atoms with Gasteiger partial charge in [0.05, 0.1) is 12.9 Å². The number of nitrogens with zero attached hydrogens (tertiary/aromatic N) is 2. The standard InChI is InChI=1S/C11H9FN2O2S2/c1-16-9(15)6-17-11-14-13-10(18-11)7-4-2-3-5-8(7)12/h2-5H,6H2,1H3. The summed E-state index contributed by atoms with van der Waals surface area (Å²) in [6.45, 7) is 0. The van der Waals surface area contributed by atoms with Gasteiger partial charge in [0.25, 0.3) is 0 Å². The van der Waals surface area contributed by atoms with Crippen LogP contribution in [0.1, 0.15) is 0 Å². The van der Waals surface area contributed by atoms with Gasteiger partial charge in [0, 0.05) is 5.56 Å². The quantitative estimate of drug-likeness (QED) is 0.638. The number of hydrogen-bond acceptors (Lipinski definition) is 6. The molecule has 0 radical (unpaired) electrons. The fourth-order valence-electron chi connectivity index (χ4n) is 1.19. The predicted octanol–water partition coefficient (Wildman–Crippen LogP) is 2.61. The van der Waals surface area contributed by atoms with Crippen LogP contribution in [0.5, 0.6) is 0 Å². The molecule has 0 N–H and O–H groups in total. The van der Waals surface area contributed by atoms with E-state index >= 15 is 0 Å². The summed E-state index contributed by atoms with van der Waals surface area (Å²) in [5.74, 6) is -0.497. The van der Waals surface area contributed by atoms with Crippen LogP contribution in [0.2, 0.25) is 0 Å². The van der Waals surface area contributed by atoms with Crippen LogP contribution >= 0.6 is 23.1 Å². The van der Waals surface area contributed by atoms with Crippen molar-refractivity contribution in [3.8, 4) is 10.6 Å². The normalized spacial score (nSPS) is 10.3. The Morgan fingerprint density at radius 2 is 2.22 bits per heavy atom. The van der Waals surface area contributed by atoms with E-state index in [1.54, 1.807) is 18.2 Å². The Balaban J connectivity index is 2.11. The summed E-state index contributed by atoms with van der Waals surface area (Å²) in [5, 5.41) is 8.30. The number of rotatable bonds is 4. The zero-order chi connectivity index (χ0) is 13.0. The maximum atomic E-state index is 13.5. The van der Waals surface area contributed by atoms with Crippen molar-refractivity contribution in [2.24, 2.45) is 0 Å². The first-order valence-electron chi connectivity index (χ1n) is 4.98. The summed E-state index contributed by atoms with van der Waals surface area (Å²) in [5.41, 5.74) is 0.417. The van der Waals surface area contributed by atoms with Crippen LogP contribution in [0.15, 0.2) is 28.6 Å². The third-order valence-corrected chi connectivity index (χ3v) is 4.12. The summed E-state index contributed by atoms with van der Waals surface area (Å²) >= 11 is 2.47. The number of hydrogen-bond donors (Lipinski definition) is 0. The fourth-order valence-corrected chi connectivity index (χ4v) is 2.90. The van der Waals surface area contributed by atoms with Gasteiger partial charge in [-0.1, -0.05) is 35.2 Å². The first-order valence-corrected chi connectivity index (χ1v) is 6.79. The molecule has 0 aliphatic carbocycles. The number of aromatic nitrogens is 2. The van der Waals surface area contributed by atoms with E-state index in [1.165, 1.54) is 36.3 Å². The van der Waals surface area contributed by atoms with Gasteiger partial charge in [-0.3, -0.25) is 4.79 Å². The van der Waals surface area contributed by atoms with Gasteiger partial charge < -0.3 is 4.74 Å². The molecule has 0 aliphatic rings. The lowest BCUT2D eigenvalue weighted by Gasteiger charge is -1.96. The van der Waals surface area contributed by atoms with Crippen LogP contribution in [0, 0.1) is 5.82 Å². The largest absolute Gasteiger partial charge is 0.468 e. The molecule has 0 saturated carbocycles. The Hall–Kier alpha value is -1.47. The smallest absolute Gasteiger partial charge is 0.316 e. The minimum absolute atomic E-state index is 0.169. The van der Waals surface area contributed by atoms with Crippen molar-refractivity contribution in [1.29, 1.82) is 0 Å². The van der Waals surface area contributed by atoms with E-state index in [4.69, 9.17) is 0 Å². The van der Waals surface area contributed by atoms with Crippen molar-refractivity contribution in [2.75, 3.05) is 12.9 Å². The lowest BCUT2D eigenvalue weighted by Crippen LogP contribution is -2.02. The van der Waals surface area contributed by atoms with Gasteiger partial charge in [0.15, 0.2) is 9.35 Å². The lowest BCUT2D eigenvalue weighted by atomic mass is 10.2. The van der Waals surface area contributed by atoms with Crippen molar-refractivity contribution in [3.05, 3.63) is 30.1 Å². The topological polar surface area (TPSA) is 52.1 Å². The molecule has 0 aliphatic heterocycles. The first kappa shape index (κ1) is 13.0. The first-order chi connectivity index (χ1) is 8.70. The molecular formula is C11H9FN2O2S2. The monoisotopic (exact) mass is 284 g/mol. The molecule has 0 saturated heterocycles. The van der Waals surface area contributed by atoms with Crippen molar-refractivity contribution in [3.63, 3.8) is 0 Å². The summed E-state index contributed by atoms with van der Waals surface area (Å²) in [7, 11) is 1.33. The van der Waals surface area contributed by atoms with Crippen LogP contribution < -0.4 is 0 Å². The fraction of sp³-hybridized carbons (Fsp3) is 0.182. The van der Waals surface area contributed by atoms with Gasteiger partial charge in [-0.2, -0.15) is 0 Å². The van der Waals surface area contributed by atoms with E-state index in [0.29, 0.717) is 14.9 Å². The molecule has 2 aromatic rings. The molecule has 0 unspecified atom stereocenters. The second-order valence-electron chi connectivity index (χ2n) is 3.22. The molecule has 94 valence electrons. The summed E-state index contributed by atoms with van der Waals surface area (Å²) < 4.78 is 18.6. The molecule has 2 rings (SSSR count). The molecule has 18 heavy (non-hydrogen) atoms. The highest BCUT2D eigenvalue weighted by molar-refractivity contribution is 8.01. The van der Waals surface area contributed by atoms with Gasteiger partial charge in [-0.15, -0.1) is 10.2 Å². The Morgan fingerprint density at radius 1 is 1.44 bits per heavy atom. The lowest BCUT2D eigenvalue weighted by molar-refractivity contribution is -0.137. The van der Waals surface area contributed by atoms with Crippen LogP contribution in [0.4, 0.5) is 4.39 Å². The molecule has 0 spiro atoms. The number of methoxy groups -OCH3 is 1. The number of esters is 1. The third-order valence-electron chi connectivity index (χ3n) is 2.05. The van der Waals surface area contributed by atoms with Crippen LogP contribution in [0.3, 0.4) is 0 Å². The average Bonchev–Trinajstić information content (AvgIpc) is 2.85. The molecule has 1 aromatic carbocycles. The maximum absolute atomic E-state index is 13.5. The number of carbonyl (C=O) groups is 1. The highest BCUT2D eigenvalue weighted by atomic mass is 32.2. The van der Waals surface area contributed by atoms with Crippen molar-refractivity contribution < 1.29 is 13.9 Å². The van der Waals surface area contributed by atoms with Crippen LogP contribution in [-0.4, -0.2) is 29.0 Å². The summed E-state index contributed by atoms with van der Waals surface area (Å²) in [6.07, 6.45) is 0. The van der Waals surface area contributed by atoms with E-state index in [-0.39, 0.29) is 17.5 Å². The molecule has 7 heteroatoms. The second-order valence-corrected chi connectivity index (χ2v) is 5.42. The Morgan fingerprint density at radius 3 is 2.94 bits per heavy atom. The molecule has 0 amide bonds. The molecule has 1 aromatic heterocycles. The van der Waals surface area contributed by atoms with Gasteiger partial charge in [-0.25, -0.2) is 4.39 Å². The van der Waals surface area contributed by atoms with Gasteiger partial charge in [-0.05, 0) is 12.1 Å². The molecule has 0 fully saturated rings.